The van der Waals surface area contributed by atoms with E-state index in [1.807, 2.05) is 24.3 Å². The zero-order valence-electron chi connectivity index (χ0n) is 28.1. The Morgan fingerprint density at radius 2 is 1.43 bits per heavy atom. The standard InChI is InChI=1S/C26H31F3N2O2S.C6H14N2.C5H10/c27-26(28,29)22-8-6-20(7-9-22)16-30-14-15-31(23(17-30)18-32)34-25-12-10-24(11-13-25)33-19-21-4-2-1-3-5-21;1-8-4-2-6(7)3-5-8;1-2-4-5-3-1/h6-13,18,21,23H,1-5,14-17,19H2;6H,2-5,7H2,1H3;1-5H2. The molecule has 2 saturated heterocycles. The molecule has 0 aromatic heterocycles. The van der Waals surface area contributed by atoms with E-state index < -0.39 is 11.7 Å². The van der Waals surface area contributed by atoms with Crippen molar-refractivity contribution in [2.45, 2.75) is 107 Å². The quantitative estimate of drug-likeness (QED) is 0.224. The Hall–Kier alpha value is -2.11. The predicted octanol–water partition coefficient (Wildman–Crippen LogP) is 8.05. The van der Waals surface area contributed by atoms with E-state index in [0.29, 0.717) is 31.6 Å². The number of hydrogen-bond acceptors (Lipinski definition) is 7. The van der Waals surface area contributed by atoms with Gasteiger partial charge in [0.2, 0.25) is 0 Å². The number of alkyl halides is 3. The molecule has 6 rings (SSSR count). The molecule has 2 heterocycles. The molecule has 2 saturated carbocycles. The van der Waals surface area contributed by atoms with Crippen LogP contribution in [0.25, 0.3) is 0 Å². The van der Waals surface area contributed by atoms with Gasteiger partial charge in [0.1, 0.15) is 12.0 Å². The molecule has 262 valence electrons. The van der Waals surface area contributed by atoms with Crippen molar-refractivity contribution in [1.82, 2.24) is 14.1 Å². The molecule has 0 amide bonds. The lowest BCUT2D eigenvalue weighted by molar-refractivity contribution is -0.137. The predicted molar refractivity (Wildman–Crippen MR) is 185 cm³/mol. The Labute approximate surface area is 284 Å². The molecular weight excluding hydrogens is 621 g/mol. The summed E-state index contributed by atoms with van der Waals surface area (Å²) in [5.41, 5.74) is 5.83. The summed E-state index contributed by atoms with van der Waals surface area (Å²) in [6, 6.07) is 13.5. The van der Waals surface area contributed by atoms with Crippen molar-refractivity contribution in [3.63, 3.8) is 0 Å². The summed E-state index contributed by atoms with van der Waals surface area (Å²) in [5, 5.41) is 0. The van der Waals surface area contributed by atoms with Crippen molar-refractivity contribution in [2.75, 3.05) is 46.4 Å². The van der Waals surface area contributed by atoms with E-state index in [4.69, 9.17) is 10.5 Å². The fourth-order valence-electron chi connectivity index (χ4n) is 6.49. The maximum atomic E-state index is 12.8. The Kier molecular flexibility index (Phi) is 15.9. The Morgan fingerprint density at radius 3 is 1.98 bits per heavy atom. The smallest absolute Gasteiger partial charge is 0.416 e. The normalized spacial score (nSPS) is 22.1. The zero-order valence-corrected chi connectivity index (χ0v) is 29.0. The number of carbonyl (C=O) groups is 1. The molecule has 1 atom stereocenters. The van der Waals surface area contributed by atoms with Gasteiger partial charge < -0.3 is 20.2 Å². The summed E-state index contributed by atoms with van der Waals surface area (Å²) < 4.78 is 46.4. The maximum absolute atomic E-state index is 12.8. The third-order valence-electron chi connectivity index (χ3n) is 9.57. The number of piperazine rings is 1. The topological polar surface area (TPSA) is 62.0 Å². The van der Waals surface area contributed by atoms with Gasteiger partial charge in [-0.3, -0.25) is 4.90 Å². The van der Waals surface area contributed by atoms with Crippen LogP contribution in [0.3, 0.4) is 0 Å². The average molecular weight is 677 g/mol. The van der Waals surface area contributed by atoms with Gasteiger partial charge in [0.25, 0.3) is 0 Å². The van der Waals surface area contributed by atoms with E-state index in [2.05, 4.69) is 21.2 Å². The summed E-state index contributed by atoms with van der Waals surface area (Å²) in [5.74, 6) is 1.54. The number of hydrogen-bond donors (Lipinski definition) is 1. The Bertz CT molecular complexity index is 1130. The molecule has 2 aromatic rings. The number of carbonyl (C=O) groups excluding carboxylic acids is 1. The molecule has 4 aliphatic rings. The molecule has 0 spiro atoms. The molecule has 2 aliphatic heterocycles. The number of rotatable bonds is 8. The second kappa shape index (κ2) is 19.8. The van der Waals surface area contributed by atoms with Crippen molar-refractivity contribution in [1.29, 1.82) is 0 Å². The van der Waals surface area contributed by atoms with Gasteiger partial charge in [-0.25, -0.2) is 4.31 Å². The van der Waals surface area contributed by atoms with Gasteiger partial charge in [0, 0.05) is 37.1 Å². The highest BCUT2D eigenvalue weighted by atomic mass is 32.2. The van der Waals surface area contributed by atoms with E-state index in [-0.39, 0.29) is 6.04 Å². The second-order valence-electron chi connectivity index (χ2n) is 13.6. The van der Waals surface area contributed by atoms with Crippen LogP contribution in [-0.4, -0.2) is 78.9 Å². The van der Waals surface area contributed by atoms with Crippen LogP contribution in [0, 0.1) is 5.92 Å². The van der Waals surface area contributed by atoms with Crippen LogP contribution in [0.5, 0.6) is 5.75 Å². The minimum atomic E-state index is -4.33. The zero-order chi connectivity index (χ0) is 33.5. The number of ether oxygens (including phenoxy) is 1. The molecular formula is C37H55F3N4O2S. The van der Waals surface area contributed by atoms with Crippen LogP contribution in [-0.2, 0) is 17.5 Å². The third-order valence-corrected chi connectivity index (χ3v) is 10.7. The minimum Gasteiger partial charge on any atom is -0.493 e. The highest BCUT2D eigenvalue weighted by Gasteiger charge is 2.31. The molecule has 2 aliphatic carbocycles. The summed E-state index contributed by atoms with van der Waals surface area (Å²) in [7, 11) is 2.14. The summed E-state index contributed by atoms with van der Waals surface area (Å²) in [6.07, 6.45) is 12.9. The minimum absolute atomic E-state index is 0.282. The number of likely N-dealkylation sites (tertiary alicyclic amines) is 1. The molecule has 2 aromatic carbocycles. The lowest BCUT2D eigenvalue weighted by Crippen LogP contribution is -2.50. The molecule has 0 radical (unpaired) electrons. The fourth-order valence-corrected chi connectivity index (χ4v) is 7.44. The average Bonchev–Trinajstić information content (AvgIpc) is 3.68. The van der Waals surface area contributed by atoms with Gasteiger partial charge in [-0.15, -0.1) is 0 Å². The second-order valence-corrected chi connectivity index (χ2v) is 14.7. The van der Waals surface area contributed by atoms with Crippen LogP contribution in [0.4, 0.5) is 13.2 Å². The van der Waals surface area contributed by atoms with E-state index in [9.17, 15) is 18.0 Å². The SMILES string of the molecule is C1CCCC1.CN1CCC(N)CC1.O=CC1CN(Cc2ccc(C(F)(F)F)cc2)CCN1Sc1ccc(OCC2CCCCC2)cc1. The first kappa shape index (κ1) is 37.7. The van der Waals surface area contributed by atoms with Crippen molar-refractivity contribution < 1.29 is 22.7 Å². The summed E-state index contributed by atoms with van der Waals surface area (Å²) in [4.78, 5) is 17.3. The summed E-state index contributed by atoms with van der Waals surface area (Å²) in [6.45, 7) is 5.63. The van der Waals surface area contributed by atoms with Gasteiger partial charge in [-0.1, -0.05) is 63.5 Å². The van der Waals surface area contributed by atoms with Gasteiger partial charge in [-0.05, 0) is 106 Å². The van der Waals surface area contributed by atoms with Crippen molar-refractivity contribution >= 4 is 18.2 Å². The largest absolute Gasteiger partial charge is 0.493 e. The number of aldehydes is 1. The third kappa shape index (κ3) is 13.7. The molecule has 47 heavy (non-hydrogen) atoms. The summed E-state index contributed by atoms with van der Waals surface area (Å²) >= 11 is 1.56. The monoisotopic (exact) mass is 676 g/mol. The van der Waals surface area contributed by atoms with Crippen molar-refractivity contribution in [2.24, 2.45) is 11.7 Å². The first-order valence-electron chi connectivity index (χ1n) is 17.6. The fraction of sp³-hybridized carbons (Fsp3) is 0.649. The first-order chi connectivity index (χ1) is 22.7. The Balaban J connectivity index is 0.000000317. The molecule has 4 fully saturated rings. The highest BCUT2D eigenvalue weighted by molar-refractivity contribution is 7.97. The lowest BCUT2D eigenvalue weighted by Gasteiger charge is -2.38. The molecule has 0 bridgehead atoms. The van der Waals surface area contributed by atoms with Crippen molar-refractivity contribution in [3.8, 4) is 5.75 Å². The molecule has 1 unspecified atom stereocenters. The van der Waals surface area contributed by atoms with E-state index in [0.717, 1.165) is 47.8 Å². The van der Waals surface area contributed by atoms with Crippen LogP contribution in [0.1, 0.15) is 88.2 Å². The number of benzene rings is 2. The van der Waals surface area contributed by atoms with Crippen LogP contribution >= 0.6 is 11.9 Å². The number of nitrogens with zero attached hydrogens (tertiary/aromatic N) is 3. The molecule has 10 heteroatoms. The van der Waals surface area contributed by atoms with E-state index in [1.165, 1.54) is 102 Å². The van der Waals surface area contributed by atoms with E-state index in [1.54, 1.807) is 11.9 Å². The highest BCUT2D eigenvalue weighted by Crippen LogP contribution is 2.31. The number of piperidine rings is 1. The number of halogens is 3. The van der Waals surface area contributed by atoms with E-state index >= 15 is 0 Å². The van der Waals surface area contributed by atoms with Gasteiger partial charge >= 0.3 is 6.18 Å². The number of nitrogens with two attached hydrogens (primary N) is 1. The van der Waals surface area contributed by atoms with Crippen LogP contribution in [0.2, 0.25) is 0 Å². The van der Waals surface area contributed by atoms with Gasteiger partial charge in [0.15, 0.2) is 0 Å². The lowest BCUT2D eigenvalue weighted by atomic mass is 9.90. The van der Waals surface area contributed by atoms with Crippen LogP contribution in [0.15, 0.2) is 53.4 Å². The first-order valence-corrected chi connectivity index (χ1v) is 18.4. The maximum Gasteiger partial charge on any atom is 0.416 e. The van der Waals surface area contributed by atoms with Gasteiger partial charge in [-0.2, -0.15) is 13.2 Å². The van der Waals surface area contributed by atoms with Crippen molar-refractivity contribution in [3.05, 3.63) is 59.7 Å². The Morgan fingerprint density at radius 1 is 0.830 bits per heavy atom. The molecule has 2 N–H and O–H groups in total. The van der Waals surface area contributed by atoms with Gasteiger partial charge in [0.05, 0.1) is 18.2 Å². The van der Waals surface area contributed by atoms with Crippen LogP contribution < -0.4 is 10.5 Å². The molecule has 6 nitrogen and oxygen atoms in total.